The zero-order valence-corrected chi connectivity index (χ0v) is 9.39. The van der Waals surface area contributed by atoms with E-state index in [0.29, 0.717) is 19.8 Å². The van der Waals surface area contributed by atoms with Gasteiger partial charge >= 0.3 is 0 Å². The molecule has 0 aromatic carbocycles. The number of likely N-dealkylation sites (N-methyl/N-ethyl adjacent to an activating group) is 1. The monoisotopic (exact) mass is 187 g/mol. The van der Waals surface area contributed by atoms with Crippen molar-refractivity contribution in [3.8, 4) is 0 Å². The van der Waals surface area contributed by atoms with E-state index in [0.717, 1.165) is 0 Å². The predicted molar refractivity (Wildman–Crippen MR) is 53.6 cm³/mol. The number of nitrogens with zero attached hydrogens (tertiary/aromatic N) is 1. The highest BCUT2D eigenvalue weighted by atomic mass is 16.5. The second-order valence-corrected chi connectivity index (χ2v) is 4.17. The molecule has 0 unspecified atom stereocenters. The lowest BCUT2D eigenvalue weighted by Gasteiger charge is -2.25. The van der Waals surface area contributed by atoms with E-state index in [-0.39, 0.29) is 11.3 Å². The molecule has 0 aliphatic heterocycles. The second kappa shape index (κ2) is 5.22. The van der Waals surface area contributed by atoms with Crippen LogP contribution in [0.4, 0.5) is 0 Å². The molecule has 0 spiro atoms. The average Bonchev–Trinajstić information content (AvgIpc) is 2.01. The van der Waals surface area contributed by atoms with E-state index in [1.807, 2.05) is 34.7 Å². The van der Waals surface area contributed by atoms with Crippen LogP contribution in [0.25, 0.3) is 0 Å². The largest absolute Gasteiger partial charge is 0.380 e. The first-order chi connectivity index (χ1) is 5.89. The van der Waals surface area contributed by atoms with Gasteiger partial charge in [-0.15, -0.1) is 0 Å². The summed E-state index contributed by atoms with van der Waals surface area (Å²) in [6.07, 6.45) is 0. The van der Waals surface area contributed by atoms with E-state index in [1.54, 1.807) is 4.90 Å². The lowest BCUT2D eigenvalue weighted by Crippen LogP contribution is -2.38. The molecule has 0 atom stereocenters. The van der Waals surface area contributed by atoms with E-state index in [2.05, 4.69) is 0 Å². The molecular weight excluding hydrogens is 166 g/mol. The van der Waals surface area contributed by atoms with Gasteiger partial charge in [0.2, 0.25) is 5.91 Å². The molecule has 0 radical (unpaired) electrons. The fourth-order valence-electron chi connectivity index (χ4n) is 1.02. The SMILES string of the molecule is CCOCCN(C)C(=O)C(C)(C)C. The topological polar surface area (TPSA) is 29.5 Å². The van der Waals surface area contributed by atoms with Gasteiger partial charge in [-0.2, -0.15) is 0 Å². The molecule has 0 aliphatic rings. The Bertz CT molecular complexity index is 161. The van der Waals surface area contributed by atoms with Crippen molar-refractivity contribution in [3.63, 3.8) is 0 Å². The normalized spacial score (nSPS) is 11.5. The zero-order chi connectivity index (χ0) is 10.5. The molecule has 0 saturated heterocycles. The number of carbonyl (C=O) groups is 1. The van der Waals surface area contributed by atoms with Gasteiger partial charge in [0, 0.05) is 25.6 Å². The highest BCUT2D eigenvalue weighted by Gasteiger charge is 2.24. The van der Waals surface area contributed by atoms with Crippen molar-refractivity contribution in [2.45, 2.75) is 27.7 Å². The Kier molecular flexibility index (Phi) is 4.99. The van der Waals surface area contributed by atoms with Crippen molar-refractivity contribution in [1.82, 2.24) is 4.90 Å². The minimum Gasteiger partial charge on any atom is -0.380 e. The van der Waals surface area contributed by atoms with Crippen LogP contribution in [0, 0.1) is 5.41 Å². The fourth-order valence-corrected chi connectivity index (χ4v) is 1.02. The molecule has 0 N–H and O–H groups in total. The summed E-state index contributed by atoms with van der Waals surface area (Å²) in [5, 5.41) is 0. The Labute approximate surface area is 81.1 Å². The summed E-state index contributed by atoms with van der Waals surface area (Å²) in [6.45, 7) is 9.72. The highest BCUT2D eigenvalue weighted by Crippen LogP contribution is 2.15. The summed E-state index contributed by atoms with van der Waals surface area (Å²) in [5.41, 5.74) is -0.291. The Morgan fingerprint density at radius 2 is 1.92 bits per heavy atom. The maximum absolute atomic E-state index is 11.6. The first-order valence-electron chi connectivity index (χ1n) is 4.73. The van der Waals surface area contributed by atoms with Crippen LogP contribution >= 0.6 is 0 Å². The van der Waals surface area contributed by atoms with Gasteiger partial charge in [0.05, 0.1) is 6.61 Å². The van der Waals surface area contributed by atoms with Crippen LogP contribution in [0.1, 0.15) is 27.7 Å². The smallest absolute Gasteiger partial charge is 0.227 e. The quantitative estimate of drug-likeness (QED) is 0.625. The first kappa shape index (κ1) is 12.4. The number of carbonyl (C=O) groups excluding carboxylic acids is 1. The molecule has 0 bridgehead atoms. The summed E-state index contributed by atoms with van der Waals surface area (Å²) < 4.78 is 5.17. The Hall–Kier alpha value is -0.570. The molecule has 1 amide bonds. The molecule has 0 aromatic heterocycles. The lowest BCUT2D eigenvalue weighted by molar-refractivity contribution is -0.138. The third-order valence-electron chi connectivity index (χ3n) is 1.76. The molecule has 78 valence electrons. The highest BCUT2D eigenvalue weighted by molar-refractivity contribution is 5.81. The molecule has 0 aromatic rings. The van der Waals surface area contributed by atoms with Crippen LogP contribution < -0.4 is 0 Å². The summed E-state index contributed by atoms with van der Waals surface area (Å²) >= 11 is 0. The molecular formula is C10H21NO2. The van der Waals surface area contributed by atoms with Crippen LogP contribution in [0.5, 0.6) is 0 Å². The number of hydrogen-bond acceptors (Lipinski definition) is 2. The molecule has 3 heteroatoms. The molecule has 0 aliphatic carbocycles. The van der Waals surface area contributed by atoms with Gasteiger partial charge in [0.25, 0.3) is 0 Å². The van der Waals surface area contributed by atoms with Gasteiger partial charge in [0.1, 0.15) is 0 Å². The molecule has 0 rings (SSSR count). The maximum atomic E-state index is 11.6. The number of rotatable bonds is 4. The van der Waals surface area contributed by atoms with Crippen molar-refractivity contribution < 1.29 is 9.53 Å². The van der Waals surface area contributed by atoms with Gasteiger partial charge in [-0.25, -0.2) is 0 Å². The number of amides is 1. The molecule has 0 heterocycles. The summed E-state index contributed by atoms with van der Waals surface area (Å²) in [7, 11) is 1.81. The van der Waals surface area contributed by atoms with Crippen LogP contribution in [0.2, 0.25) is 0 Å². The minimum absolute atomic E-state index is 0.159. The fraction of sp³-hybridized carbons (Fsp3) is 0.900. The summed E-state index contributed by atoms with van der Waals surface area (Å²) in [4.78, 5) is 13.3. The Morgan fingerprint density at radius 3 is 2.31 bits per heavy atom. The van der Waals surface area contributed by atoms with Crippen molar-refractivity contribution >= 4 is 5.91 Å². The third kappa shape index (κ3) is 4.88. The van der Waals surface area contributed by atoms with E-state index in [9.17, 15) is 4.79 Å². The third-order valence-corrected chi connectivity index (χ3v) is 1.76. The molecule has 3 nitrogen and oxygen atoms in total. The summed E-state index contributed by atoms with van der Waals surface area (Å²) in [6, 6.07) is 0. The van der Waals surface area contributed by atoms with Gasteiger partial charge in [-0.1, -0.05) is 20.8 Å². The summed E-state index contributed by atoms with van der Waals surface area (Å²) in [5.74, 6) is 0.159. The lowest BCUT2D eigenvalue weighted by atomic mass is 9.95. The van der Waals surface area contributed by atoms with Crippen LogP contribution in [-0.2, 0) is 9.53 Å². The maximum Gasteiger partial charge on any atom is 0.227 e. The van der Waals surface area contributed by atoms with Crippen molar-refractivity contribution in [1.29, 1.82) is 0 Å². The van der Waals surface area contributed by atoms with Gasteiger partial charge in [0.15, 0.2) is 0 Å². The van der Waals surface area contributed by atoms with E-state index in [4.69, 9.17) is 4.74 Å². The van der Waals surface area contributed by atoms with Gasteiger partial charge in [-0.05, 0) is 6.92 Å². The minimum atomic E-state index is -0.291. The molecule has 13 heavy (non-hydrogen) atoms. The zero-order valence-electron chi connectivity index (χ0n) is 9.39. The van der Waals surface area contributed by atoms with Crippen molar-refractivity contribution in [2.75, 3.05) is 26.8 Å². The number of hydrogen-bond donors (Lipinski definition) is 0. The standard InChI is InChI=1S/C10H21NO2/c1-6-13-8-7-11(5)9(12)10(2,3)4/h6-8H2,1-5H3. The second-order valence-electron chi connectivity index (χ2n) is 4.17. The van der Waals surface area contributed by atoms with Crippen LogP contribution in [0.3, 0.4) is 0 Å². The Morgan fingerprint density at radius 1 is 1.38 bits per heavy atom. The predicted octanol–water partition coefficient (Wildman–Crippen LogP) is 1.53. The van der Waals surface area contributed by atoms with Gasteiger partial charge < -0.3 is 9.64 Å². The van der Waals surface area contributed by atoms with E-state index in [1.165, 1.54) is 0 Å². The number of ether oxygens (including phenoxy) is 1. The van der Waals surface area contributed by atoms with Crippen LogP contribution in [0.15, 0.2) is 0 Å². The molecule has 0 fully saturated rings. The first-order valence-corrected chi connectivity index (χ1v) is 4.73. The Balaban J connectivity index is 3.84. The van der Waals surface area contributed by atoms with Crippen LogP contribution in [-0.4, -0.2) is 37.6 Å². The van der Waals surface area contributed by atoms with E-state index < -0.39 is 0 Å². The molecule has 0 saturated carbocycles. The van der Waals surface area contributed by atoms with E-state index >= 15 is 0 Å². The van der Waals surface area contributed by atoms with Gasteiger partial charge in [-0.3, -0.25) is 4.79 Å². The average molecular weight is 187 g/mol. The van der Waals surface area contributed by atoms with Crippen molar-refractivity contribution in [3.05, 3.63) is 0 Å². The van der Waals surface area contributed by atoms with Crippen molar-refractivity contribution in [2.24, 2.45) is 5.41 Å².